The van der Waals surface area contributed by atoms with Crippen molar-refractivity contribution in [2.24, 2.45) is 5.92 Å². The van der Waals surface area contributed by atoms with Gasteiger partial charge in [-0.05, 0) is 18.1 Å². The smallest absolute Gasteiger partial charge is 0.315 e. The lowest BCUT2D eigenvalue weighted by atomic mass is 9.97. The van der Waals surface area contributed by atoms with Crippen molar-refractivity contribution in [3.8, 4) is 0 Å². The molecule has 1 heterocycles. The van der Waals surface area contributed by atoms with E-state index in [4.69, 9.17) is 4.74 Å². The molecule has 90 valence electrons. The largest absolute Gasteiger partial charge is 0.468 e. The highest BCUT2D eigenvalue weighted by Crippen LogP contribution is 2.32. The predicted octanol–water partition coefficient (Wildman–Crippen LogP) is 3.21. The molecule has 0 saturated carbocycles. The van der Waals surface area contributed by atoms with E-state index in [1.54, 1.807) is 11.3 Å². The Morgan fingerprint density at radius 2 is 2.06 bits per heavy atom. The molecule has 0 aliphatic rings. The number of nitrogens with zero attached hydrogens (tertiary/aromatic N) is 1. The molecular weight excluding hydrogens is 234 g/mol. The first-order valence-electron chi connectivity index (χ1n) is 5.56. The van der Waals surface area contributed by atoms with Crippen LogP contribution in [0.1, 0.15) is 24.8 Å². The van der Waals surface area contributed by atoms with Gasteiger partial charge in [0, 0.05) is 0 Å². The minimum atomic E-state index is -0.266. The van der Waals surface area contributed by atoms with E-state index >= 15 is 0 Å². The Morgan fingerprint density at radius 3 is 2.65 bits per heavy atom. The molecule has 1 aromatic heterocycles. The van der Waals surface area contributed by atoms with Crippen molar-refractivity contribution < 1.29 is 9.53 Å². The fourth-order valence-electron chi connectivity index (χ4n) is 1.81. The maximum atomic E-state index is 11.8. The lowest BCUT2D eigenvalue weighted by molar-refractivity contribution is -0.143. The molecule has 0 fully saturated rings. The number of thiazole rings is 1. The molecule has 0 aliphatic carbocycles. The number of aromatic nitrogens is 1. The number of carbonyl (C=O) groups is 1. The minimum absolute atomic E-state index is 0.183. The van der Waals surface area contributed by atoms with Gasteiger partial charge in [-0.15, -0.1) is 11.3 Å². The van der Waals surface area contributed by atoms with Crippen LogP contribution < -0.4 is 0 Å². The molecule has 1 atom stereocenters. The Kier molecular flexibility index (Phi) is 3.43. The third kappa shape index (κ3) is 2.31. The summed E-state index contributed by atoms with van der Waals surface area (Å²) in [7, 11) is 1.42. The van der Waals surface area contributed by atoms with Gasteiger partial charge in [-0.1, -0.05) is 26.0 Å². The third-order valence-electron chi connectivity index (χ3n) is 2.70. The Balaban J connectivity index is 2.45. The fourth-order valence-corrected chi connectivity index (χ4v) is 3.04. The molecule has 17 heavy (non-hydrogen) atoms. The van der Waals surface area contributed by atoms with E-state index in [0.29, 0.717) is 0 Å². The van der Waals surface area contributed by atoms with E-state index in [-0.39, 0.29) is 17.8 Å². The molecule has 1 aromatic carbocycles. The van der Waals surface area contributed by atoms with E-state index in [0.717, 1.165) is 15.2 Å². The maximum Gasteiger partial charge on any atom is 0.315 e. The summed E-state index contributed by atoms with van der Waals surface area (Å²) >= 11 is 1.57. The first-order chi connectivity index (χ1) is 8.13. The van der Waals surface area contributed by atoms with Crippen molar-refractivity contribution in [2.45, 2.75) is 19.8 Å². The summed E-state index contributed by atoms with van der Waals surface area (Å²) in [6, 6.07) is 7.91. The van der Waals surface area contributed by atoms with E-state index in [1.807, 2.05) is 38.1 Å². The number of hydrogen-bond donors (Lipinski definition) is 0. The molecular formula is C13H15NO2S. The van der Waals surface area contributed by atoms with Crippen LogP contribution in [-0.2, 0) is 9.53 Å². The highest BCUT2D eigenvalue weighted by molar-refractivity contribution is 7.18. The van der Waals surface area contributed by atoms with Crippen molar-refractivity contribution in [1.29, 1.82) is 0 Å². The molecule has 0 N–H and O–H groups in total. The van der Waals surface area contributed by atoms with Gasteiger partial charge in [-0.2, -0.15) is 0 Å². The van der Waals surface area contributed by atoms with Gasteiger partial charge < -0.3 is 4.74 Å². The number of ether oxygens (including phenoxy) is 1. The van der Waals surface area contributed by atoms with Gasteiger partial charge in [-0.3, -0.25) is 4.79 Å². The Hall–Kier alpha value is -1.42. The molecule has 0 saturated heterocycles. The second-order valence-corrected chi connectivity index (χ2v) is 5.33. The summed E-state index contributed by atoms with van der Waals surface area (Å²) in [6.45, 7) is 4.02. The zero-order valence-electron chi connectivity index (χ0n) is 10.1. The Labute approximate surface area is 104 Å². The first-order valence-corrected chi connectivity index (χ1v) is 6.38. The van der Waals surface area contributed by atoms with Crippen LogP contribution in [0.4, 0.5) is 0 Å². The quantitative estimate of drug-likeness (QED) is 0.784. The number of benzene rings is 1. The predicted molar refractivity (Wildman–Crippen MR) is 69.2 cm³/mol. The number of hydrogen-bond acceptors (Lipinski definition) is 4. The number of carbonyl (C=O) groups excluding carboxylic acids is 1. The van der Waals surface area contributed by atoms with Gasteiger partial charge in [0.05, 0.1) is 17.3 Å². The summed E-state index contributed by atoms with van der Waals surface area (Å²) in [5.74, 6) is -0.292. The van der Waals surface area contributed by atoms with Crippen LogP contribution in [0.5, 0.6) is 0 Å². The van der Waals surface area contributed by atoms with Gasteiger partial charge in [0.25, 0.3) is 0 Å². The Morgan fingerprint density at radius 1 is 1.35 bits per heavy atom. The normalized spacial score (nSPS) is 12.9. The number of para-hydroxylation sites is 1. The molecule has 0 bridgehead atoms. The lowest BCUT2D eigenvalue weighted by Crippen LogP contribution is -2.19. The monoisotopic (exact) mass is 249 g/mol. The van der Waals surface area contributed by atoms with Crippen LogP contribution in [0.2, 0.25) is 0 Å². The van der Waals surface area contributed by atoms with Gasteiger partial charge in [0.15, 0.2) is 0 Å². The molecule has 2 rings (SSSR count). The van der Waals surface area contributed by atoms with Crippen LogP contribution in [0, 0.1) is 5.92 Å². The average molecular weight is 249 g/mol. The summed E-state index contributed by atoms with van der Waals surface area (Å²) in [6.07, 6.45) is 0. The van der Waals surface area contributed by atoms with Gasteiger partial charge in [0.1, 0.15) is 10.9 Å². The van der Waals surface area contributed by atoms with E-state index < -0.39 is 0 Å². The topological polar surface area (TPSA) is 39.2 Å². The molecule has 0 spiro atoms. The van der Waals surface area contributed by atoms with Crippen LogP contribution in [-0.4, -0.2) is 18.1 Å². The molecule has 0 aliphatic heterocycles. The molecule has 4 heteroatoms. The average Bonchev–Trinajstić information content (AvgIpc) is 2.71. The molecule has 0 radical (unpaired) electrons. The number of esters is 1. The zero-order chi connectivity index (χ0) is 12.4. The summed E-state index contributed by atoms with van der Waals surface area (Å²) in [5.41, 5.74) is 0.946. The fraction of sp³-hybridized carbons (Fsp3) is 0.385. The van der Waals surface area contributed by atoms with E-state index in [1.165, 1.54) is 7.11 Å². The number of fused-ring (bicyclic) bond motifs is 1. The van der Waals surface area contributed by atoms with Crippen LogP contribution in [0.25, 0.3) is 10.2 Å². The van der Waals surface area contributed by atoms with Crippen LogP contribution in [0.15, 0.2) is 24.3 Å². The second kappa shape index (κ2) is 4.84. The van der Waals surface area contributed by atoms with Crippen molar-refractivity contribution in [2.75, 3.05) is 7.11 Å². The highest BCUT2D eigenvalue weighted by Gasteiger charge is 2.28. The molecule has 1 unspecified atom stereocenters. The SMILES string of the molecule is COC(=O)C(c1nc2ccccc2s1)C(C)C. The van der Waals surface area contributed by atoms with Gasteiger partial charge in [-0.25, -0.2) is 4.98 Å². The standard InChI is InChI=1S/C13H15NO2S/c1-8(2)11(13(15)16-3)12-14-9-6-4-5-7-10(9)17-12/h4-8,11H,1-3H3. The lowest BCUT2D eigenvalue weighted by Gasteiger charge is -2.15. The third-order valence-corrected chi connectivity index (χ3v) is 3.82. The summed E-state index contributed by atoms with van der Waals surface area (Å²) in [5, 5.41) is 0.841. The van der Waals surface area contributed by atoms with Crippen molar-refractivity contribution in [3.05, 3.63) is 29.3 Å². The summed E-state index contributed by atoms with van der Waals surface area (Å²) in [4.78, 5) is 16.3. The maximum absolute atomic E-state index is 11.8. The number of methoxy groups -OCH3 is 1. The number of rotatable bonds is 3. The van der Waals surface area contributed by atoms with Crippen molar-refractivity contribution in [3.63, 3.8) is 0 Å². The van der Waals surface area contributed by atoms with Crippen LogP contribution >= 0.6 is 11.3 Å². The minimum Gasteiger partial charge on any atom is -0.468 e. The zero-order valence-corrected chi connectivity index (χ0v) is 11.0. The van der Waals surface area contributed by atoms with Crippen molar-refractivity contribution in [1.82, 2.24) is 4.98 Å². The summed E-state index contributed by atoms with van der Waals surface area (Å²) < 4.78 is 5.96. The Bertz CT molecular complexity index is 500. The van der Waals surface area contributed by atoms with E-state index in [9.17, 15) is 4.79 Å². The second-order valence-electron chi connectivity index (χ2n) is 4.26. The van der Waals surface area contributed by atoms with Gasteiger partial charge >= 0.3 is 5.97 Å². The molecule has 2 aromatic rings. The van der Waals surface area contributed by atoms with E-state index in [2.05, 4.69) is 4.98 Å². The highest BCUT2D eigenvalue weighted by atomic mass is 32.1. The molecule has 0 amide bonds. The van der Waals surface area contributed by atoms with Crippen LogP contribution in [0.3, 0.4) is 0 Å². The van der Waals surface area contributed by atoms with Gasteiger partial charge in [0.2, 0.25) is 0 Å². The van der Waals surface area contributed by atoms with Crippen molar-refractivity contribution >= 4 is 27.5 Å². The first kappa shape index (κ1) is 12.0. The molecule has 3 nitrogen and oxygen atoms in total.